The summed E-state index contributed by atoms with van der Waals surface area (Å²) in [5.41, 5.74) is 0. The van der Waals surface area contributed by atoms with Crippen LogP contribution in [0.1, 0.15) is 20.3 Å². The molecule has 1 heterocycles. The van der Waals surface area contributed by atoms with Crippen LogP contribution in [0.25, 0.3) is 0 Å². The van der Waals surface area contributed by atoms with E-state index in [-0.39, 0.29) is 17.0 Å². The Labute approximate surface area is 122 Å². The number of carbonyl (C=O) groups excluding carboxylic acids is 1. The Hall–Kier alpha value is -0.660. The van der Waals surface area contributed by atoms with Crippen LogP contribution in [0.15, 0.2) is 0 Å². The summed E-state index contributed by atoms with van der Waals surface area (Å²) in [6.07, 6.45) is 0.415. The Bertz CT molecular complexity index is 401. The predicted octanol–water partition coefficient (Wildman–Crippen LogP) is -0.00970. The number of carbonyl (C=O) groups is 1. The van der Waals surface area contributed by atoms with Crippen LogP contribution >= 0.6 is 0 Å². The molecule has 6 nitrogen and oxygen atoms in total. The molecule has 0 N–H and O–H groups in total. The van der Waals surface area contributed by atoms with Crippen LogP contribution in [0.5, 0.6) is 0 Å². The molecule has 0 radical (unpaired) electrons. The first-order valence-electron chi connectivity index (χ1n) is 7.08. The van der Waals surface area contributed by atoms with Crippen LogP contribution in [-0.2, 0) is 19.4 Å². The maximum Gasteiger partial charge on any atom is 0.306 e. The van der Waals surface area contributed by atoms with Gasteiger partial charge in [-0.3, -0.25) is 9.69 Å². The monoisotopic (exact) mass is 306 g/mol. The second-order valence-corrected chi connectivity index (χ2v) is 8.10. The summed E-state index contributed by atoms with van der Waals surface area (Å²) >= 11 is 0. The van der Waals surface area contributed by atoms with Crippen LogP contribution in [0.4, 0.5) is 0 Å². The van der Waals surface area contributed by atoms with Gasteiger partial charge in [0.1, 0.15) is 0 Å². The molecule has 20 heavy (non-hydrogen) atoms. The third kappa shape index (κ3) is 5.76. The molecule has 0 aromatic carbocycles. The van der Waals surface area contributed by atoms with E-state index in [4.69, 9.17) is 0 Å². The molecule has 0 aromatic heterocycles. The number of hydrogen-bond donors (Lipinski definition) is 0. The molecule has 0 saturated carbocycles. The smallest absolute Gasteiger partial charge is 0.306 e. The fourth-order valence-electron chi connectivity index (χ4n) is 2.08. The molecule has 0 aromatic rings. The SMILES string of the molecule is COC(=O)CCN1CCN(CCS(=O)(=O)C(C)C)CC1. The third-order valence-corrected chi connectivity index (χ3v) is 5.92. The van der Waals surface area contributed by atoms with Gasteiger partial charge in [-0.2, -0.15) is 0 Å². The van der Waals surface area contributed by atoms with Gasteiger partial charge in [-0.25, -0.2) is 8.42 Å². The van der Waals surface area contributed by atoms with Crippen molar-refractivity contribution in [1.29, 1.82) is 0 Å². The Morgan fingerprint density at radius 1 is 1.10 bits per heavy atom. The van der Waals surface area contributed by atoms with Gasteiger partial charge < -0.3 is 9.64 Å². The van der Waals surface area contributed by atoms with Crippen molar-refractivity contribution in [3.8, 4) is 0 Å². The molecule has 1 fully saturated rings. The van der Waals surface area contributed by atoms with Gasteiger partial charge in [0, 0.05) is 39.3 Å². The van der Waals surface area contributed by atoms with E-state index in [1.807, 2.05) is 0 Å². The highest BCUT2D eigenvalue weighted by molar-refractivity contribution is 7.92. The number of ether oxygens (including phenoxy) is 1. The number of piperazine rings is 1. The third-order valence-electron chi connectivity index (χ3n) is 3.74. The van der Waals surface area contributed by atoms with Gasteiger partial charge in [-0.05, 0) is 13.8 Å². The van der Waals surface area contributed by atoms with Gasteiger partial charge in [0.15, 0.2) is 9.84 Å². The Morgan fingerprint density at radius 3 is 2.05 bits per heavy atom. The largest absolute Gasteiger partial charge is 0.469 e. The Balaban J connectivity index is 2.24. The lowest BCUT2D eigenvalue weighted by molar-refractivity contribution is -0.141. The molecule has 118 valence electrons. The number of methoxy groups -OCH3 is 1. The zero-order chi connectivity index (χ0) is 15.2. The summed E-state index contributed by atoms with van der Waals surface area (Å²) < 4.78 is 28.1. The fourth-order valence-corrected chi connectivity index (χ4v) is 3.06. The Kier molecular flexibility index (Phi) is 6.91. The highest BCUT2D eigenvalue weighted by Gasteiger charge is 2.21. The first-order chi connectivity index (χ1) is 9.35. The van der Waals surface area contributed by atoms with Crippen molar-refractivity contribution in [3.63, 3.8) is 0 Å². The van der Waals surface area contributed by atoms with Gasteiger partial charge in [-0.15, -0.1) is 0 Å². The van der Waals surface area contributed by atoms with Crippen LogP contribution in [0.2, 0.25) is 0 Å². The van der Waals surface area contributed by atoms with Crippen molar-refractivity contribution >= 4 is 15.8 Å². The zero-order valence-corrected chi connectivity index (χ0v) is 13.5. The van der Waals surface area contributed by atoms with Gasteiger partial charge in [0.2, 0.25) is 0 Å². The van der Waals surface area contributed by atoms with Gasteiger partial charge in [0.25, 0.3) is 0 Å². The highest BCUT2D eigenvalue weighted by Crippen LogP contribution is 2.06. The maximum absolute atomic E-state index is 11.8. The van der Waals surface area contributed by atoms with E-state index in [0.717, 1.165) is 26.2 Å². The summed E-state index contributed by atoms with van der Waals surface area (Å²) in [4.78, 5) is 15.5. The molecule has 1 saturated heterocycles. The van der Waals surface area contributed by atoms with Crippen molar-refractivity contribution in [2.75, 3.05) is 52.1 Å². The summed E-state index contributed by atoms with van der Waals surface area (Å²) in [5, 5.41) is -0.302. The van der Waals surface area contributed by atoms with Crippen LogP contribution in [0.3, 0.4) is 0 Å². The lowest BCUT2D eigenvalue weighted by Gasteiger charge is -2.34. The van der Waals surface area contributed by atoms with Crippen molar-refractivity contribution in [3.05, 3.63) is 0 Å². The van der Waals surface area contributed by atoms with E-state index >= 15 is 0 Å². The average molecular weight is 306 g/mol. The van der Waals surface area contributed by atoms with Crippen molar-refractivity contribution in [2.24, 2.45) is 0 Å². The summed E-state index contributed by atoms with van der Waals surface area (Å²) in [6, 6.07) is 0. The predicted molar refractivity (Wildman–Crippen MR) is 78.4 cm³/mol. The molecule has 0 unspecified atom stereocenters. The molecule has 0 aliphatic carbocycles. The van der Waals surface area contributed by atoms with E-state index in [2.05, 4.69) is 14.5 Å². The van der Waals surface area contributed by atoms with Gasteiger partial charge in [0.05, 0.1) is 24.5 Å². The molecule has 1 rings (SSSR count). The highest BCUT2D eigenvalue weighted by atomic mass is 32.2. The first kappa shape index (κ1) is 17.4. The minimum atomic E-state index is -2.95. The molecule has 0 amide bonds. The molecule has 1 aliphatic heterocycles. The van der Waals surface area contributed by atoms with E-state index in [9.17, 15) is 13.2 Å². The second kappa shape index (κ2) is 7.95. The normalized spacial score (nSPS) is 18.4. The molecule has 0 atom stereocenters. The number of rotatable bonds is 7. The molecular weight excluding hydrogens is 280 g/mol. The van der Waals surface area contributed by atoms with Crippen molar-refractivity contribution in [1.82, 2.24) is 9.80 Å². The molecule has 1 aliphatic rings. The quantitative estimate of drug-likeness (QED) is 0.616. The van der Waals surface area contributed by atoms with Crippen LogP contribution < -0.4 is 0 Å². The maximum atomic E-state index is 11.8. The molecule has 7 heteroatoms. The topological polar surface area (TPSA) is 66.9 Å². The number of hydrogen-bond acceptors (Lipinski definition) is 6. The van der Waals surface area contributed by atoms with E-state index in [1.165, 1.54) is 7.11 Å². The number of nitrogens with zero attached hydrogens (tertiary/aromatic N) is 2. The van der Waals surface area contributed by atoms with E-state index < -0.39 is 9.84 Å². The lowest BCUT2D eigenvalue weighted by atomic mass is 10.3. The van der Waals surface area contributed by atoms with E-state index in [0.29, 0.717) is 19.5 Å². The molecule has 0 spiro atoms. The summed E-state index contributed by atoms with van der Waals surface area (Å²) in [6.45, 7) is 8.22. The van der Waals surface area contributed by atoms with Crippen LogP contribution in [0, 0.1) is 0 Å². The van der Waals surface area contributed by atoms with Gasteiger partial charge >= 0.3 is 5.97 Å². The average Bonchev–Trinajstić information content (AvgIpc) is 2.43. The summed E-state index contributed by atoms with van der Waals surface area (Å²) in [5.74, 6) is 0.0442. The second-order valence-electron chi connectivity index (χ2n) is 5.43. The van der Waals surface area contributed by atoms with E-state index in [1.54, 1.807) is 13.8 Å². The standard InChI is InChI=1S/C13H26N2O4S/c1-12(2)20(17,18)11-10-15-8-6-14(7-9-15)5-4-13(16)19-3/h12H,4-11H2,1-3H3. The minimum absolute atomic E-state index is 0.185. The number of sulfone groups is 1. The van der Waals surface area contributed by atoms with Crippen LogP contribution in [-0.4, -0.2) is 81.6 Å². The minimum Gasteiger partial charge on any atom is -0.469 e. The Morgan fingerprint density at radius 2 is 1.60 bits per heavy atom. The first-order valence-corrected chi connectivity index (χ1v) is 8.80. The number of esters is 1. The fraction of sp³-hybridized carbons (Fsp3) is 0.923. The van der Waals surface area contributed by atoms with Gasteiger partial charge in [-0.1, -0.05) is 0 Å². The lowest BCUT2D eigenvalue weighted by Crippen LogP contribution is -2.48. The molecule has 0 bridgehead atoms. The molecular formula is C13H26N2O4S. The van der Waals surface area contributed by atoms with Crippen molar-refractivity contribution < 1.29 is 17.9 Å². The van der Waals surface area contributed by atoms with Crippen molar-refractivity contribution in [2.45, 2.75) is 25.5 Å². The summed E-state index contributed by atoms with van der Waals surface area (Å²) in [7, 11) is -1.55. The zero-order valence-electron chi connectivity index (χ0n) is 12.7.